The van der Waals surface area contributed by atoms with Gasteiger partial charge in [0.05, 0.1) is 11.0 Å². The van der Waals surface area contributed by atoms with Crippen LogP contribution in [0.15, 0.2) is 110 Å². The molecule has 0 saturated carbocycles. The molecular weight excluding hydrogens is 488 g/mol. The Hall–Kier alpha value is -5.01. The number of benzene rings is 4. The van der Waals surface area contributed by atoms with Gasteiger partial charge >= 0.3 is 0 Å². The first kappa shape index (κ1) is 21.1. The van der Waals surface area contributed by atoms with Crippen LogP contribution in [0.25, 0.3) is 70.8 Å². The van der Waals surface area contributed by atoms with Gasteiger partial charge in [0, 0.05) is 43.6 Å². The van der Waals surface area contributed by atoms with E-state index in [-0.39, 0.29) is 0 Å². The van der Waals surface area contributed by atoms with Crippen LogP contribution < -0.4 is 0 Å². The molecule has 0 unspecified atom stereocenters. The van der Waals surface area contributed by atoms with Gasteiger partial charge in [0.2, 0.25) is 5.95 Å². The van der Waals surface area contributed by atoms with E-state index in [4.69, 9.17) is 15.0 Å². The molecule has 4 heterocycles. The highest BCUT2D eigenvalue weighted by Crippen LogP contribution is 2.39. The maximum Gasteiger partial charge on any atom is 0.238 e. The normalized spacial score (nSPS) is 11.7. The topological polar surface area (TPSA) is 69.4 Å². The van der Waals surface area contributed by atoms with E-state index >= 15 is 0 Å². The van der Waals surface area contributed by atoms with E-state index in [1.165, 1.54) is 0 Å². The lowest BCUT2D eigenvalue weighted by Gasteiger charge is -2.10. The lowest BCUT2D eigenvalue weighted by atomic mass is 10.1. The van der Waals surface area contributed by atoms with E-state index in [2.05, 4.69) is 50.9 Å². The zero-order valence-corrected chi connectivity index (χ0v) is 20.8. The van der Waals surface area contributed by atoms with Gasteiger partial charge in [0.25, 0.3) is 0 Å². The minimum Gasteiger partial charge on any atom is -0.278 e. The minimum atomic E-state index is 0.587. The minimum absolute atomic E-state index is 0.587. The maximum absolute atomic E-state index is 5.02. The van der Waals surface area contributed by atoms with Crippen molar-refractivity contribution in [1.82, 2.24) is 29.5 Å². The summed E-state index contributed by atoms with van der Waals surface area (Å²) in [6.07, 6.45) is 3.50. The van der Waals surface area contributed by atoms with Gasteiger partial charge in [0.1, 0.15) is 11.2 Å². The van der Waals surface area contributed by atoms with Crippen LogP contribution in [0, 0.1) is 0 Å². The summed E-state index contributed by atoms with van der Waals surface area (Å²) in [4.78, 5) is 24.7. The molecule has 0 aliphatic rings. The molecule has 0 atom stereocenters. The van der Waals surface area contributed by atoms with Gasteiger partial charge in [0.15, 0.2) is 11.6 Å². The van der Waals surface area contributed by atoms with Crippen molar-refractivity contribution < 1.29 is 0 Å². The first-order chi connectivity index (χ1) is 18.8. The predicted octanol–water partition coefficient (Wildman–Crippen LogP) is 7.46. The first-order valence-electron chi connectivity index (χ1n) is 12.3. The molecule has 0 N–H and O–H groups in total. The second kappa shape index (κ2) is 8.26. The highest BCUT2D eigenvalue weighted by atomic mass is 32.1. The third-order valence-corrected chi connectivity index (χ3v) is 7.91. The molecule has 0 amide bonds. The zero-order valence-electron chi connectivity index (χ0n) is 20.0. The molecule has 6 nitrogen and oxygen atoms in total. The average molecular weight is 507 g/mol. The van der Waals surface area contributed by atoms with Crippen LogP contribution in [-0.4, -0.2) is 29.5 Å². The fraction of sp³-hybridized carbons (Fsp3) is 0. The Balaban J connectivity index is 1.48. The van der Waals surface area contributed by atoms with Crippen molar-refractivity contribution in [1.29, 1.82) is 0 Å². The molecule has 0 radical (unpaired) electrons. The van der Waals surface area contributed by atoms with Crippen LogP contribution in [0.4, 0.5) is 0 Å². The first-order valence-corrected chi connectivity index (χ1v) is 13.1. The summed E-state index contributed by atoms with van der Waals surface area (Å²) in [7, 11) is 0. The van der Waals surface area contributed by atoms with Crippen LogP contribution in [0.5, 0.6) is 0 Å². The van der Waals surface area contributed by atoms with Gasteiger partial charge in [-0.05, 0) is 18.2 Å². The van der Waals surface area contributed by atoms with Crippen LogP contribution in [0.1, 0.15) is 0 Å². The standard InChI is InChI=1S/C31H18N6S/c1-3-9-19(10-4-1)28-34-29(20-11-5-2-6-12-20)36-31(35-28)37-25-14-8-7-13-21(25)22-15-23-24-17-32-18-33-30(24)38-27(23)16-26(22)37/h1-18H. The van der Waals surface area contributed by atoms with Crippen molar-refractivity contribution in [2.24, 2.45) is 0 Å². The maximum atomic E-state index is 5.02. The molecular formula is C31H18N6S. The van der Waals surface area contributed by atoms with E-state index in [0.717, 1.165) is 53.2 Å². The summed E-state index contributed by atoms with van der Waals surface area (Å²) in [5.74, 6) is 1.86. The van der Waals surface area contributed by atoms with E-state index in [1.807, 2.05) is 66.9 Å². The molecule has 0 saturated heterocycles. The molecule has 0 bridgehead atoms. The van der Waals surface area contributed by atoms with Crippen molar-refractivity contribution in [3.05, 3.63) is 110 Å². The molecule has 4 aromatic heterocycles. The van der Waals surface area contributed by atoms with Crippen LogP contribution in [0.2, 0.25) is 0 Å². The number of hydrogen-bond acceptors (Lipinski definition) is 6. The number of hydrogen-bond donors (Lipinski definition) is 0. The summed E-state index contributed by atoms with van der Waals surface area (Å²) in [5.41, 5.74) is 3.98. The van der Waals surface area contributed by atoms with Crippen LogP contribution >= 0.6 is 11.3 Å². The molecule has 0 aliphatic heterocycles. The largest absolute Gasteiger partial charge is 0.278 e. The fourth-order valence-corrected chi connectivity index (χ4v) is 6.12. The van der Waals surface area contributed by atoms with Crippen LogP contribution in [-0.2, 0) is 0 Å². The number of thiophene rings is 1. The van der Waals surface area contributed by atoms with Crippen LogP contribution in [0.3, 0.4) is 0 Å². The lowest BCUT2D eigenvalue weighted by molar-refractivity contribution is 0.954. The highest BCUT2D eigenvalue weighted by Gasteiger charge is 2.19. The molecule has 0 fully saturated rings. The van der Waals surface area contributed by atoms with Gasteiger partial charge in [-0.1, -0.05) is 78.9 Å². The summed E-state index contributed by atoms with van der Waals surface area (Å²) < 4.78 is 3.30. The molecule has 0 spiro atoms. The second-order valence-corrected chi connectivity index (χ2v) is 10.1. The monoisotopic (exact) mass is 506 g/mol. The average Bonchev–Trinajstić information content (AvgIpc) is 3.51. The van der Waals surface area contributed by atoms with Crippen molar-refractivity contribution in [3.8, 4) is 28.7 Å². The molecule has 0 aliphatic carbocycles. The van der Waals surface area contributed by atoms with Gasteiger partial charge in [-0.2, -0.15) is 9.97 Å². The zero-order chi connectivity index (χ0) is 25.1. The Morgan fingerprint density at radius 2 is 1.26 bits per heavy atom. The SMILES string of the molecule is c1ccc(-c2nc(-c3ccccc3)nc(-n3c4ccccc4c4cc5c(cc43)sc3ncncc35)n2)cc1. The van der Waals surface area contributed by atoms with E-state index < -0.39 is 0 Å². The Bertz CT molecular complexity index is 2070. The fourth-order valence-electron chi connectivity index (χ4n) is 5.09. The van der Waals surface area contributed by atoms with Crippen molar-refractivity contribution in [2.45, 2.75) is 0 Å². The Morgan fingerprint density at radius 3 is 2.00 bits per heavy atom. The van der Waals surface area contributed by atoms with Crippen molar-refractivity contribution >= 4 is 53.4 Å². The number of nitrogens with zero attached hydrogens (tertiary/aromatic N) is 6. The molecule has 8 rings (SSSR count). The second-order valence-electron chi connectivity index (χ2n) is 9.08. The van der Waals surface area contributed by atoms with Gasteiger partial charge in [-0.3, -0.25) is 4.57 Å². The van der Waals surface area contributed by atoms with Gasteiger partial charge < -0.3 is 0 Å². The number of aromatic nitrogens is 6. The summed E-state index contributed by atoms with van der Waals surface area (Å²) in [6, 6.07) is 33.0. The van der Waals surface area contributed by atoms with Crippen molar-refractivity contribution in [3.63, 3.8) is 0 Å². The Morgan fingerprint density at radius 1 is 0.579 bits per heavy atom. The quantitative estimate of drug-likeness (QED) is 0.249. The molecule has 4 aromatic carbocycles. The smallest absolute Gasteiger partial charge is 0.238 e. The third kappa shape index (κ3) is 3.22. The third-order valence-electron chi connectivity index (χ3n) is 6.83. The molecule has 38 heavy (non-hydrogen) atoms. The predicted molar refractivity (Wildman–Crippen MR) is 154 cm³/mol. The van der Waals surface area contributed by atoms with E-state index in [1.54, 1.807) is 17.7 Å². The van der Waals surface area contributed by atoms with E-state index in [0.29, 0.717) is 17.6 Å². The molecule has 7 heteroatoms. The summed E-state index contributed by atoms with van der Waals surface area (Å²) in [6.45, 7) is 0. The molecule has 178 valence electrons. The lowest BCUT2D eigenvalue weighted by Crippen LogP contribution is -2.06. The number of rotatable bonds is 3. The number of para-hydroxylation sites is 1. The van der Waals surface area contributed by atoms with E-state index in [9.17, 15) is 0 Å². The van der Waals surface area contributed by atoms with Crippen molar-refractivity contribution in [2.75, 3.05) is 0 Å². The summed E-state index contributed by atoms with van der Waals surface area (Å²) >= 11 is 1.67. The Kier molecular flexibility index (Phi) is 4.59. The van der Waals surface area contributed by atoms with Gasteiger partial charge in [-0.25, -0.2) is 15.0 Å². The summed E-state index contributed by atoms with van der Waals surface area (Å²) in [5, 5.41) is 4.51. The molecule has 8 aromatic rings. The highest BCUT2D eigenvalue weighted by molar-refractivity contribution is 7.25. The Labute approximate surface area is 220 Å². The van der Waals surface area contributed by atoms with Gasteiger partial charge in [-0.15, -0.1) is 11.3 Å². The number of fused-ring (bicyclic) bond motifs is 6.